The van der Waals surface area contributed by atoms with Gasteiger partial charge in [-0.1, -0.05) is 0 Å². The number of halogens is 2. The van der Waals surface area contributed by atoms with Crippen molar-refractivity contribution >= 4 is 17.0 Å². The average Bonchev–Trinajstić information content (AvgIpc) is 3.16. The molecule has 1 aliphatic rings. The molecule has 0 spiro atoms. The van der Waals surface area contributed by atoms with Crippen LogP contribution in [0.1, 0.15) is 19.1 Å². The summed E-state index contributed by atoms with van der Waals surface area (Å²) in [7, 11) is 0. The van der Waals surface area contributed by atoms with Gasteiger partial charge in [0.05, 0.1) is 6.33 Å². The molecule has 12 heteroatoms. The molecule has 2 aromatic rings. The van der Waals surface area contributed by atoms with Crippen LogP contribution >= 0.6 is 0 Å². The molecule has 0 aromatic carbocycles. The maximum Gasteiger partial charge on any atom is 0.250 e. The lowest BCUT2D eigenvalue weighted by Gasteiger charge is -2.18. The Morgan fingerprint density at radius 1 is 1.22 bits per heavy atom. The molecule has 1 saturated heterocycles. The highest BCUT2D eigenvalue weighted by Gasteiger charge is 2.44. The van der Waals surface area contributed by atoms with Crippen LogP contribution < -0.4 is 16.8 Å². The average molecular weight is 387 g/mol. The molecule has 4 atom stereocenters. The van der Waals surface area contributed by atoms with Crippen molar-refractivity contribution in [3.05, 3.63) is 12.7 Å². The summed E-state index contributed by atoms with van der Waals surface area (Å²) in [5, 5.41) is 23.4. The largest absolute Gasteiger partial charge is 0.387 e. The molecular formula is C15H23F2N7O3. The van der Waals surface area contributed by atoms with Gasteiger partial charge in [0.25, 0.3) is 5.92 Å². The summed E-state index contributed by atoms with van der Waals surface area (Å²) < 4.78 is 34.0. The third-order valence-electron chi connectivity index (χ3n) is 4.52. The van der Waals surface area contributed by atoms with Crippen LogP contribution in [-0.4, -0.2) is 73.6 Å². The number of fused-ring (bicyclic) bond motifs is 1. The number of imidazole rings is 1. The van der Waals surface area contributed by atoms with Gasteiger partial charge >= 0.3 is 0 Å². The van der Waals surface area contributed by atoms with Crippen LogP contribution in [0.3, 0.4) is 0 Å². The number of nitrogen functional groups attached to an aromatic ring is 1. The fourth-order valence-electron chi connectivity index (χ4n) is 3.04. The number of hydrogen-bond acceptors (Lipinski definition) is 9. The number of nitrogens with zero attached hydrogens (tertiary/aromatic N) is 4. The molecule has 0 radical (unpaired) electrons. The van der Waals surface area contributed by atoms with Gasteiger partial charge in [0, 0.05) is 25.9 Å². The maximum absolute atomic E-state index is 13.4. The molecule has 1 aliphatic heterocycles. The highest BCUT2D eigenvalue weighted by atomic mass is 19.3. The topological polar surface area (TPSA) is 157 Å². The Balaban J connectivity index is 1.61. The molecule has 150 valence electrons. The van der Waals surface area contributed by atoms with Crippen molar-refractivity contribution < 1.29 is 23.7 Å². The fourth-order valence-corrected chi connectivity index (χ4v) is 3.04. The van der Waals surface area contributed by atoms with E-state index in [1.54, 1.807) is 0 Å². The Morgan fingerprint density at radius 3 is 2.74 bits per heavy atom. The van der Waals surface area contributed by atoms with Gasteiger partial charge in [-0.25, -0.2) is 23.7 Å². The predicted octanol–water partition coefficient (Wildman–Crippen LogP) is -1.01. The van der Waals surface area contributed by atoms with E-state index in [0.29, 0.717) is 11.2 Å². The van der Waals surface area contributed by atoms with Crippen molar-refractivity contribution in [2.45, 2.75) is 43.3 Å². The highest BCUT2D eigenvalue weighted by molar-refractivity contribution is 5.81. The number of aliphatic hydroxyl groups excluding tert-OH is 2. The summed E-state index contributed by atoms with van der Waals surface area (Å²) in [5.41, 5.74) is 11.6. The quantitative estimate of drug-likeness (QED) is 0.358. The minimum atomic E-state index is -2.84. The molecule has 0 unspecified atom stereocenters. The molecule has 27 heavy (non-hydrogen) atoms. The summed E-state index contributed by atoms with van der Waals surface area (Å²) in [6.45, 7) is 0.0353. The lowest BCUT2D eigenvalue weighted by atomic mass is 10.1. The Labute approximate surface area is 153 Å². The molecule has 3 rings (SSSR count). The zero-order valence-corrected chi connectivity index (χ0v) is 14.5. The first-order chi connectivity index (χ1) is 12.8. The minimum absolute atomic E-state index is 0.0259. The van der Waals surface area contributed by atoms with E-state index in [-0.39, 0.29) is 38.3 Å². The third-order valence-corrected chi connectivity index (χ3v) is 4.52. The molecular weight excluding hydrogens is 364 g/mol. The van der Waals surface area contributed by atoms with Crippen molar-refractivity contribution in [3.8, 4) is 0 Å². The normalized spacial score (nSPS) is 26.1. The van der Waals surface area contributed by atoms with Crippen LogP contribution in [0.15, 0.2) is 12.7 Å². The van der Waals surface area contributed by atoms with E-state index in [1.807, 2.05) is 0 Å². The highest BCUT2D eigenvalue weighted by Crippen LogP contribution is 2.31. The molecule has 0 aliphatic carbocycles. The van der Waals surface area contributed by atoms with Gasteiger partial charge < -0.3 is 31.7 Å². The van der Waals surface area contributed by atoms with Crippen LogP contribution in [0.5, 0.6) is 0 Å². The van der Waals surface area contributed by atoms with Gasteiger partial charge in [-0.05, 0) is 6.54 Å². The van der Waals surface area contributed by atoms with Crippen LogP contribution in [0.4, 0.5) is 14.6 Å². The smallest absolute Gasteiger partial charge is 0.250 e. The first kappa shape index (κ1) is 19.8. The standard InChI is InChI=1S/C15H23F2N7O3/c16-15(17,1-3-18)2-4-20-5-8-10(25)11(26)14(27-8)24-7-23-9-12(19)21-6-22-13(9)24/h6-8,10-11,14,20,25-26H,1-5,18H2,(H2,19,21,22)/t8-,10-,11-,14-/m1/s1. The summed E-state index contributed by atoms with van der Waals surface area (Å²) in [4.78, 5) is 12.0. The van der Waals surface area contributed by atoms with Crippen molar-refractivity contribution in [2.24, 2.45) is 5.73 Å². The summed E-state index contributed by atoms with van der Waals surface area (Å²) >= 11 is 0. The molecule has 10 nitrogen and oxygen atoms in total. The van der Waals surface area contributed by atoms with Crippen LogP contribution in [0, 0.1) is 0 Å². The monoisotopic (exact) mass is 387 g/mol. The molecule has 0 bridgehead atoms. The summed E-state index contributed by atoms with van der Waals surface area (Å²) in [5.74, 6) is -2.66. The zero-order chi connectivity index (χ0) is 19.6. The minimum Gasteiger partial charge on any atom is -0.387 e. The maximum atomic E-state index is 13.4. The second-order valence-electron chi connectivity index (χ2n) is 6.48. The lowest BCUT2D eigenvalue weighted by Crippen LogP contribution is -2.39. The Morgan fingerprint density at radius 2 is 2.00 bits per heavy atom. The number of nitrogens with one attached hydrogen (secondary N) is 1. The number of anilines is 1. The Kier molecular flexibility index (Phi) is 5.81. The van der Waals surface area contributed by atoms with E-state index in [2.05, 4.69) is 20.3 Å². The van der Waals surface area contributed by atoms with Crippen molar-refractivity contribution in [3.63, 3.8) is 0 Å². The number of aromatic nitrogens is 4. The number of alkyl halides is 2. The first-order valence-corrected chi connectivity index (χ1v) is 8.57. The summed E-state index contributed by atoms with van der Waals surface area (Å²) in [6.07, 6.45) is -2.28. The number of nitrogens with two attached hydrogens (primary N) is 2. The molecule has 1 fully saturated rings. The number of aliphatic hydroxyl groups is 2. The SMILES string of the molecule is NCCC(F)(F)CCNC[C@H]1O[C@@H](n2cnc3c(N)ncnc32)[C@H](O)[C@@H]1O. The van der Waals surface area contributed by atoms with Gasteiger partial charge in [-0.15, -0.1) is 0 Å². The van der Waals surface area contributed by atoms with Crippen molar-refractivity contribution in [1.29, 1.82) is 0 Å². The summed E-state index contributed by atoms with van der Waals surface area (Å²) in [6, 6.07) is 0. The molecule has 7 N–H and O–H groups in total. The fraction of sp³-hybridized carbons (Fsp3) is 0.667. The Hall–Kier alpha value is -1.99. The molecule has 0 amide bonds. The second kappa shape index (κ2) is 7.94. The van der Waals surface area contributed by atoms with Gasteiger partial charge in [-0.3, -0.25) is 4.57 Å². The van der Waals surface area contributed by atoms with Gasteiger partial charge in [0.2, 0.25) is 0 Å². The van der Waals surface area contributed by atoms with Gasteiger partial charge in [0.15, 0.2) is 17.7 Å². The zero-order valence-electron chi connectivity index (χ0n) is 14.5. The number of ether oxygens (including phenoxy) is 1. The van der Waals surface area contributed by atoms with E-state index < -0.39 is 30.5 Å². The van der Waals surface area contributed by atoms with Gasteiger partial charge in [-0.2, -0.15) is 0 Å². The molecule has 2 aromatic heterocycles. The van der Waals surface area contributed by atoms with Crippen molar-refractivity contribution in [1.82, 2.24) is 24.8 Å². The van der Waals surface area contributed by atoms with Crippen molar-refractivity contribution in [2.75, 3.05) is 25.4 Å². The van der Waals surface area contributed by atoms with Gasteiger partial charge in [0.1, 0.15) is 30.2 Å². The number of rotatable bonds is 8. The van der Waals surface area contributed by atoms with E-state index in [1.165, 1.54) is 17.2 Å². The third kappa shape index (κ3) is 4.14. The van der Waals surface area contributed by atoms with E-state index >= 15 is 0 Å². The van der Waals surface area contributed by atoms with E-state index in [9.17, 15) is 19.0 Å². The van der Waals surface area contributed by atoms with E-state index in [0.717, 1.165) is 0 Å². The lowest BCUT2D eigenvalue weighted by molar-refractivity contribution is -0.0360. The van der Waals surface area contributed by atoms with Crippen LogP contribution in [0.25, 0.3) is 11.2 Å². The molecule has 3 heterocycles. The van der Waals surface area contributed by atoms with Crippen LogP contribution in [0.2, 0.25) is 0 Å². The molecule has 0 saturated carbocycles. The number of hydrogen-bond donors (Lipinski definition) is 5. The van der Waals surface area contributed by atoms with Crippen LogP contribution in [-0.2, 0) is 4.74 Å². The Bertz CT molecular complexity index is 775. The first-order valence-electron chi connectivity index (χ1n) is 8.57. The predicted molar refractivity (Wildman–Crippen MR) is 91.8 cm³/mol. The second-order valence-corrected chi connectivity index (χ2v) is 6.48. The van der Waals surface area contributed by atoms with E-state index in [4.69, 9.17) is 16.2 Å².